The molecule has 0 bridgehead atoms. The van der Waals surface area contributed by atoms with Crippen LogP contribution in [0.4, 0.5) is 4.79 Å². The smallest absolute Gasteiger partial charge is 0.319 e. The van der Waals surface area contributed by atoms with E-state index < -0.39 is 0 Å². The van der Waals surface area contributed by atoms with Crippen molar-refractivity contribution in [2.75, 3.05) is 0 Å². The van der Waals surface area contributed by atoms with E-state index >= 15 is 0 Å². The average molecular weight is 301 g/mol. The summed E-state index contributed by atoms with van der Waals surface area (Å²) < 4.78 is 0. The molecule has 0 saturated carbocycles. The third-order valence-electron chi connectivity index (χ3n) is 3.08. The monoisotopic (exact) mass is 300 g/mol. The van der Waals surface area contributed by atoms with E-state index in [0.717, 1.165) is 16.7 Å². The number of rotatable bonds is 4. The SMILES string of the molecule is Cc1ccccc1CNC(=O)N/C=C/c1ccccc1Cl. The molecule has 0 unspecified atom stereocenters. The first kappa shape index (κ1) is 15.1. The van der Waals surface area contributed by atoms with Crippen molar-refractivity contribution in [3.05, 3.63) is 76.4 Å². The number of urea groups is 1. The number of nitrogens with one attached hydrogen (secondary N) is 2. The molecule has 4 heteroatoms. The van der Waals surface area contributed by atoms with Crippen LogP contribution >= 0.6 is 11.6 Å². The van der Waals surface area contributed by atoms with Gasteiger partial charge in [-0.25, -0.2) is 4.79 Å². The van der Waals surface area contributed by atoms with Crippen LogP contribution in [0.1, 0.15) is 16.7 Å². The molecule has 2 rings (SSSR count). The number of amides is 2. The van der Waals surface area contributed by atoms with Crippen LogP contribution in [0.25, 0.3) is 6.08 Å². The van der Waals surface area contributed by atoms with Crippen LogP contribution in [0.5, 0.6) is 0 Å². The number of halogens is 1. The number of carbonyl (C=O) groups excluding carboxylic acids is 1. The summed E-state index contributed by atoms with van der Waals surface area (Å²) in [7, 11) is 0. The lowest BCUT2D eigenvalue weighted by Crippen LogP contribution is -2.31. The minimum atomic E-state index is -0.249. The zero-order valence-corrected chi connectivity index (χ0v) is 12.5. The van der Waals surface area contributed by atoms with Gasteiger partial charge < -0.3 is 10.6 Å². The van der Waals surface area contributed by atoms with Crippen LogP contribution in [0.3, 0.4) is 0 Å². The van der Waals surface area contributed by atoms with Crippen molar-refractivity contribution >= 4 is 23.7 Å². The van der Waals surface area contributed by atoms with Crippen molar-refractivity contribution in [1.82, 2.24) is 10.6 Å². The Labute approximate surface area is 129 Å². The fourth-order valence-corrected chi connectivity index (χ4v) is 2.05. The summed E-state index contributed by atoms with van der Waals surface area (Å²) in [5, 5.41) is 6.11. The van der Waals surface area contributed by atoms with Gasteiger partial charge in [0.1, 0.15) is 0 Å². The van der Waals surface area contributed by atoms with E-state index in [0.29, 0.717) is 11.6 Å². The Morgan fingerprint density at radius 1 is 1.14 bits per heavy atom. The first-order valence-electron chi connectivity index (χ1n) is 6.67. The van der Waals surface area contributed by atoms with Gasteiger partial charge in [0, 0.05) is 17.8 Å². The van der Waals surface area contributed by atoms with Crippen LogP contribution in [0.2, 0.25) is 5.02 Å². The summed E-state index contributed by atoms with van der Waals surface area (Å²) in [4.78, 5) is 11.7. The van der Waals surface area contributed by atoms with E-state index in [1.165, 1.54) is 0 Å². The molecule has 2 amide bonds. The molecule has 0 radical (unpaired) electrons. The Balaban J connectivity index is 1.83. The maximum atomic E-state index is 11.7. The maximum Gasteiger partial charge on any atom is 0.319 e. The van der Waals surface area contributed by atoms with E-state index in [1.807, 2.05) is 49.4 Å². The highest BCUT2D eigenvalue weighted by molar-refractivity contribution is 6.32. The molecule has 0 aliphatic carbocycles. The lowest BCUT2D eigenvalue weighted by atomic mass is 10.1. The Kier molecular flexibility index (Phi) is 5.41. The molecule has 21 heavy (non-hydrogen) atoms. The second kappa shape index (κ2) is 7.50. The number of benzene rings is 2. The summed E-state index contributed by atoms with van der Waals surface area (Å²) in [6.45, 7) is 2.52. The van der Waals surface area contributed by atoms with Gasteiger partial charge in [0.15, 0.2) is 0 Å². The van der Waals surface area contributed by atoms with Gasteiger partial charge >= 0.3 is 6.03 Å². The Bertz CT molecular complexity index is 653. The molecule has 0 saturated heterocycles. The summed E-state index contributed by atoms with van der Waals surface area (Å²) in [5.41, 5.74) is 3.12. The first-order chi connectivity index (χ1) is 10.2. The van der Waals surface area contributed by atoms with Crippen LogP contribution in [-0.2, 0) is 6.54 Å². The van der Waals surface area contributed by atoms with E-state index in [-0.39, 0.29) is 6.03 Å². The molecule has 0 fully saturated rings. The number of carbonyl (C=O) groups is 1. The first-order valence-corrected chi connectivity index (χ1v) is 7.04. The Morgan fingerprint density at radius 2 is 1.86 bits per heavy atom. The van der Waals surface area contributed by atoms with E-state index in [1.54, 1.807) is 18.3 Å². The highest BCUT2D eigenvalue weighted by atomic mass is 35.5. The molecule has 0 heterocycles. The van der Waals surface area contributed by atoms with Gasteiger partial charge in [-0.15, -0.1) is 0 Å². The van der Waals surface area contributed by atoms with Crippen molar-refractivity contribution in [3.8, 4) is 0 Å². The Morgan fingerprint density at radius 3 is 2.62 bits per heavy atom. The average Bonchev–Trinajstić information content (AvgIpc) is 2.48. The van der Waals surface area contributed by atoms with Crippen LogP contribution in [-0.4, -0.2) is 6.03 Å². The van der Waals surface area contributed by atoms with Gasteiger partial charge in [-0.2, -0.15) is 0 Å². The molecule has 0 atom stereocenters. The lowest BCUT2D eigenvalue weighted by molar-refractivity contribution is 0.244. The maximum absolute atomic E-state index is 11.7. The van der Waals surface area contributed by atoms with Gasteiger partial charge in [-0.3, -0.25) is 0 Å². The van der Waals surface area contributed by atoms with Gasteiger partial charge in [0.2, 0.25) is 0 Å². The third kappa shape index (κ3) is 4.65. The largest absolute Gasteiger partial charge is 0.334 e. The second-order valence-corrected chi connectivity index (χ2v) is 5.02. The standard InChI is InChI=1S/C17H17ClN2O/c1-13-6-2-3-8-15(13)12-20-17(21)19-11-10-14-7-4-5-9-16(14)18/h2-11H,12H2,1H3,(H2,19,20,21)/b11-10+. The fraction of sp³-hybridized carbons (Fsp3) is 0.118. The van der Waals surface area contributed by atoms with Crippen molar-refractivity contribution in [2.24, 2.45) is 0 Å². The summed E-state index contributed by atoms with van der Waals surface area (Å²) in [6.07, 6.45) is 3.34. The second-order valence-electron chi connectivity index (χ2n) is 4.61. The molecule has 0 aliphatic heterocycles. The molecule has 2 aromatic rings. The minimum absolute atomic E-state index is 0.249. The van der Waals surface area contributed by atoms with Gasteiger partial charge in [0.05, 0.1) is 0 Å². The Hall–Kier alpha value is -2.26. The molecule has 3 nitrogen and oxygen atoms in total. The fourth-order valence-electron chi connectivity index (χ4n) is 1.85. The topological polar surface area (TPSA) is 41.1 Å². The summed E-state index contributed by atoms with van der Waals surface area (Å²) in [6, 6.07) is 15.1. The highest BCUT2D eigenvalue weighted by Gasteiger charge is 2.00. The molecule has 0 aromatic heterocycles. The summed E-state index contributed by atoms with van der Waals surface area (Å²) in [5.74, 6) is 0. The van der Waals surface area contributed by atoms with Crippen LogP contribution < -0.4 is 10.6 Å². The van der Waals surface area contributed by atoms with E-state index in [9.17, 15) is 4.79 Å². The molecular weight excluding hydrogens is 284 g/mol. The molecule has 0 aliphatic rings. The van der Waals surface area contributed by atoms with Crippen LogP contribution in [0, 0.1) is 6.92 Å². The minimum Gasteiger partial charge on any atom is -0.334 e. The zero-order valence-electron chi connectivity index (χ0n) is 11.8. The van der Waals surface area contributed by atoms with Gasteiger partial charge in [-0.1, -0.05) is 54.1 Å². The van der Waals surface area contributed by atoms with Crippen molar-refractivity contribution in [2.45, 2.75) is 13.5 Å². The molecule has 2 aromatic carbocycles. The predicted octanol–water partition coefficient (Wildman–Crippen LogP) is 4.12. The lowest BCUT2D eigenvalue weighted by Gasteiger charge is -2.07. The highest BCUT2D eigenvalue weighted by Crippen LogP contribution is 2.15. The van der Waals surface area contributed by atoms with Gasteiger partial charge in [0.25, 0.3) is 0 Å². The van der Waals surface area contributed by atoms with Crippen molar-refractivity contribution in [1.29, 1.82) is 0 Å². The quantitative estimate of drug-likeness (QED) is 0.876. The normalized spacial score (nSPS) is 10.6. The van der Waals surface area contributed by atoms with E-state index in [4.69, 9.17) is 11.6 Å². The number of hydrogen-bond donors (Lipinski definition) is 2. The van der Waals surface area contributed by atoms with Crippen LogP contribution in [0.15, 0.2) is 54.7 Å². The molecule has 2 N–H and O–H groups in total. The van der Waals surface area contributed by atoms with E-state index in [2.05, 4.69) is 10.6 Å². The molecular formula is C17H17ClN2O. The third-order valence-corrected chi connectivity index (χ3v) is 3.43. The van der Waals surface area contributed by atoms with Crippen molar-refractivity contribution in [3.63, 3.8) is 0 Å². The number of hydrogen-bond acceptors (Lipinski definition) is 1. The zero-order chi connectivity index (χ0) is 15.1. The van der Waals surface area contributed by atoms with Crippen molar-refractivity contribution < 1.29 is 4.79 Å². The summed E-state index contributed by atoms with van der Waals surface area (Å²) >= 11 is 6.02. The predicted molar refractivity (Wildman–Crippen MR) is 87.0 cm³/mol. The van der Waals surface area contributed by atoms with Gasteiger partial charge in [-0.05, 0) is 35.8 Å². The molecule has 0 spiro atoms. The molecule has 108 valence electrons. The number of aryl methyl sites for hydroxylation is 1.